The molecule has 24 heavy (non-hydrogen) atoms. The highest BCUT2D eigenvalue weighted by Crippen LogP contribution is 2.10. The van der Waals surface area contributed by atoms with Crippen molar-refractivity contribution in [3.8, 4) is 0 Å². The van der Waals surface area contributed by atoms with Crippen LogP contribution in [-0.4, -0.2) is 54.9 Å². The molecule has 2 N–H and O–H groups in total. The number of carbonyl (C=O) groups excluding carboxylic acids is 3. The van der Waals surface area contributed by atoms with Crippen molar-refractivity contribution in [2.24, 2.45) is 0 Å². The normalized spacial score (nSPS) is 8.21. The first-order chi connectivity index (χ1) is 11.6. The van der Waals surface area contributed by atoms with E-state index in [9.17, 15) is 14.4 Å². The number of thioether (sulfide) groups is 1. The Morgan fingerprint density at radius 3 is 1.83 bits per heavy atom. The first-order valence-electron chi connectivity index (χ1n) is 8.89. The summed E-state index contributed by atoms with van der Waals surface area (Å²) in [6, 6.07) is 0. The van der Waals surface area contributed by atoms with E-state index in [1.54, 1.807) is 14.0 Å². The van der Waals surface area contributed by atoms with E-state index in [0.29, 0.717) is 12.3 Å². The molecule has 0 aromatic rings. The zero-order valence-electron chi connectivity index (χ0n) is 17.1. The fourth-order valence-electron chi connectivity index (χ4n) is 1.17. The van der Waals surface area contributed by atoms with E-state index < -0.39 is 0 Å². The molecule has 0 unspecified atom stereocenters. The summed E-state index contributed by atoms with van der Waals surface area (Å²) >= 11 is 1.08. The van der Waals surface area contributed by atoms with Crippen molar-refractivity contribution in [3.63, 3.8) is 0 Å². The average molecular weight is 366 g/mol. The predicted octanol–water partition coefficient (Wildman–Crippen LogP) is 3.51. The largest absolute Gasteiger partial charge is 0.359 e. The van der Waals surface area contributed by atoms with Gasteiger partial charge in [-0.05, 0) is 7.05 Å². The van der Waals surface area contributed by atoms with E-state index in [0.717, 1.165) is 16.7 Å². The lowest BCUT2D eigenvalue weighted by atomic mass is 10.3. The van der Waals surface area contributed by atoms with Crippen molar-refractivity contribution in [2.75, 3.05) is 32.9 Å². The molecule has 6 nitrogen and oxygen atoms in total. The first-order valence-corrected chi connectivity index (χ1v) is 9.87. The van der Waals surface area contributed by atoms with E-state index in [2.05, 4.69) is 10.6 Å². The summed E-state index contributed by atoms with van der Waals surface area (Å²) in [5.41, 5.74) is 0. The third kappa shape index (κ3) is 19.0. The molecule has 0 spiro atoms. The molecule has 0 aromatic heterocycles. The number of carbonyl (C=O) groups is 3. The number of nitrogens with one attached hydrogen (secondary N) is 2. The molecule has 0 radical (unpaired) electrons. The molecule has 0 saturated carbocycles. The fourth-order valence-corrected chi connectivity index (χ4v) is 2.00. The van der Waals surface area contributed by atoms with E-state index in [1.165, 1.54) is 7.05 Å². The zero-order chi connectivity index (χ0) is 20.0. The van der Waals surface area contributed by atoms with Crippen LogP contribution >= 0.6 is 11.8 Å². The average Bonchev–Trinajstić information content (AvgIpc) is 2.66. The maximum atomic E-state index is 11.8. The lowest BCUT2D eigenvalue weighted by molar-refractivity contribution is -0.128. The van der Waals surface area contributed by atoms with E-state index in [-0.39, 0.29) is 36.4 Å². The van der Waals surface area contributed by atoms with Gasteiger partial charge >= 0.3 is 0 Å². The van der Waals surface area contributed by atoms with E-state index in [4.69, 9.17) is 0 Å². The second-order valence-corrected chi connectivity index (χ2v) is 4.59. The molecule has 7 heteroatoms. The van der Waals surface area contributed by atoms with Crippen molar-refractivity contribution in [1.29, 1.82) is 0 Å². The SMILES string of the molecule is CC.CC.CC.CCC(=O)N(CCC(=O)NC)C(=O)SCCNC. The Kier molecular flexibility index (Phi) is 34.4. The van der Waals surface area contributed by atoms with Gasteiger partial charge in [0.25, 0.3) is 5.24 Å². The predicted molar refractivity (Wildman–Crippen MR) is 107 cm³/mol. The minimum absolute atomic E-state index is 0.137. The number of hydrogen-bond donors (Lipinski definition) is 2. The third-order valence-corrected chi connectivity index (χ3v) is 3.12. The molecule has 0 aliphatic carbocycles. The highest BCUT2D eigenvalue weighted by molar-refractivity contribution is 8.13. The van der Waals surface area contributed by atoms with Crippen LogP contribution in [0.2, 0.25) is 0 Å². The van der Waals surface area contributed by atoms with Crippen LogP contribution in [0.15, 0.2) is 0 Å². The minimum atomic E-state index is -0.291. The van der Waals surface area contributed by atoms with Crippen LogP contribution in [0.1, 0.15) is 61.3 Å². The van der Waals surface area contributed by atoms with Crippen LogP contribution in [0.25, 0.3) is 0 Å². The summed E-state index contributed by atoms with van der Waals surface area (Å²) in [4.78, 5) is 35.7. The van der Waals surface area contributed by atoms with Crippen molar-refractivity contribution >= 4 is 28.8 Å². The summed E-state index contributed by atoms with van der Waals surface area (Å²) in [6.45, 7) is 14.5. The topological polar surface area (TPSA) is 78.5 Å². The summed E-state index contributed by atoms with van der Waals surface area (Å²) in [5, 5.41) is 5.10. The molecule has 146 valence electrons. The van der Waals surface area contributed by atoms with Crippen molar-refractivity contribution in [1.82, 2.24) is 15.5 Å². The highest BCUT2D eigenvalue weighted by Gasteiger charge is 2.20. The lowest BCUT2D eigenvalue weighted by Crippen LogP contribution is -2.37. The molecule has 0 fully saturated rings. The van der Waals surface area contributed by atoms with Crippen molar-refractivity contribution < 1.29 is 14.4 Å². The summed E-state index contributed by atoms with van der Waals surface area (Å²) in [7, 11) is 3.32. The number of rotatable bonds is 7. The van der Waals surface area contributed by atoms with Crippen LogP contribution in [0, 0.1) is 0 Å². The van der Waals surface area contributed by atoms with E-state index >= 15 is 0 Å². The van der Waals surface area contributed by atoms with Crippen LogP contribution < -0.4 is 10.6 Å². The van der Waals surface area contributed by atoms with Gasteiger partial charge in [0, 0.05) is 38.7 Å². The van der Waals surface area contributed by atoms with Crippen molar-refractivity contribution in [3.05, 3.63) is 0 Å². The molecule has 0 saturated heterocycles. The zero-order valence-corrected chi connectivity index (χ0v) is 17.9. The molecule has 0 aliphatic rings. The summed E-state index contributed by atoms with van der Waals surface area (Å²) in [6.07, 6.45) is 0.395. The van der Waals surface area contributed by atoms with Gasteiger partial charge < -0.3 is 10.6 Å². The maximum absolute atomic E-state index is 11.8. The lowest BCUT2D eigenvalue weighted by Gasteiger charge is -2.19. The summed E-state index contributed by atoms with van der Waals surface area (Å²) < 4.78 is 0. The third-order valence-electron chi connectivity index (χ3n) is 2.24. The Morgan fingerprint density at radius 2 is 1.46 bits per heavy atom. The molecule has 0 rings (SSSR count). The molecule has 0 heterocycles. The van der Waals surface area contributed by atoms with Gasteiger partial charge in [0.1, 0.15) is 0 Å². The van der Waals surface area contributed by atoms with Gasteiger partial charge in [-0.1, -0.05) is 60.2 Å². The van der Waals surface area contributed by atoms with Gasteiger partial charge in [-0.25, -0.2) is 0 Å². The second kappa shape index (κ2) is 26.8. The number of amides is 3. The Hall–Kier alpha value is -1.08. The van der Waals surface area contributed by atoms with Crippen molar-refractivity contribution in [2.45, 2.75) is 61.3 Å². The smallest absolute Gasteiger partial charge is 0.288 e. The molecule has 0 bridgehead atoms. The van der Waals surface area contributed by atoms with Gasteiger partial charge in [0.15, 0.2) is 0 Å². The second-order valence-electron chi connectivity index (χ2n) is 3.54. The molecular formula is C17H39N3O3S. The Bertz CT molecular complexity index is 301. The summed E-state index contributed by atoms with van der Waals surface area (Å²) in [5.74, 6) is 0.167. The highest BCUT2D eigenvalue weighted by atomic mass is 32.2. The fraction of sp³-hybridized carbons (Fsp3) is 0.824. The van der Waals surface area contributed by atoms with Gasteiger partial charge in [-0.2, -0.15) is 0 Å². The van der Waals surface area contributed by atoms with Crippen LogP contribution in [0.4, 0.5) is 4.79 Å². The molecule has 3 amide bonds. The maximum Gasteiger partial charge on any atom is 0.288 e. The Balaban J connectivity index is -0.000000297. The number of hydrogen-bond acceptors (Lipinski definition) is 5. The molecule has 0 aliphatic heterocycles. The quantitative estimate of drug-likeness (QED) is 0.675. The Labute approximate surface area is 153 Å². The van der Waals surface area contributed by atoms with Gasteiger partial charge in [0.05, 0.1) is 0 Å². The van der Waals surface area contributed by atoms with E-state index in [1.807, 2.05) is 41.5 Å². The first kappa shape index (κ1) is 30.8. The standard InChI is InChI=1S/C11H21N3O3S.3C2H6/c1-4-10(16)14(7-5-9(15)13-3)11(17)18-8-6-12-2;3*1-2/h12H,4-8H2,1-3H3,(H,13,15);3*1-2H3. The van der Waals surface area contributed by atoms with Gasteiger partial charge in [-0.15, -0.1) is 0 Å². The van der Waals surface area contributed by atoms with Gasteiger partial charge in [0.2, 0.25) is 11.8 Å². The van der Waals surface area contributed by atoms with Crippen LogP contribution in [0.3, 0.4) is 0 Å². The number of nitrogens with zero attached hydrogens (tertiary/aromatic N) is 1. The minimum Gasteiger partial charge on any atom is -0.359 e. The number of imide groups is 1. The monoisotopic (exact) mass is 365 g/mol. The van der Waals surface area contributed by atoms with Crippen LogP contribution in [0.5, 0.6) is 0 Å². The molecular weight excluding hydrogens is 326 g/mol. The van der Waals surface area contributed by atoms with Gasteiger partial charge in [-0.3, -0.25) is 19.3 Å². The van der Waals surface area contributed by atoms with Crippen LogP contribution in [-0.2, 0) is 9.59 Å². The molecule has 0 atom stereocenters. The molecule has 0 aromatic carbocycles. The Morgan fingerprint density at radius 1 is 0.958 bits per heavy atom.